The molecule has 0 aromatic carbocycles. The third-order valence-electron chi connectivity index (χ3n) is 2.32. The first-order chi connectivity index (χ1) is 6.60. The van der Waals surface area contributed by atoms with Gasteiger partial charge in [-0.25, -0.2) is 4.98 Å². The third-order valence-corrected chi connectivity index (χ3v) is 2.32. The third kappa shape index (κ3) is 2.44. The molecule has 78 valence electrons. The number of nitrogens with zero attached hydrogens (tertiary/aromatic N) is 2. The molecule has 0 fully saturated rings. The summed E-state index contributed by atoms with van der Waals surface area (Å²) in [5.41, 5.74) is 0.0310. The van der Waals surface area contributed by atoms with Crippen LogP contribution in [0.15, 0.2) is 12.3 Å². The molecule has 0 saturated carbocycles. The molecular weight excluding hydrogens is 176 g/mol. The zero-order valence-corrected chi connectivity index (χ0v) is 9.37. The van der Waals surface area contributed by atoms with E-state index < -0.39 is 0 Å². The van der Waals surface area contributed by atoms with Gasteiger partial charge in [0.2, 0.25) is 5.88 Å². The fraction of sp³-hybridized carbons (Fsp3) is 0.636. The van der Waals surface area contributed by atoms with E-state index in [1.807, 2.05) is 0 Å². The zero-order valence-electron chi connectivity index (χ0n) is 9.37. The Morgan fingerprint density at radius 1 is 1.43 bits per heavy atom. The van der Waals surface area contributed by atoms with Crippen LogP contribution in [-0.2, 0) is 5.41 Å². The maximum Gasteiger partial charge on any atom is 0.216 e. The molecule has 0 aliphatic heterocycles. The van der Waals surface area contributed by atoms with Crippen LogP contribution in [0.2, 0.25) is 0 Å². The summed E-state index contributed by atoms with van der Waals surface area (Å²) in [5.74, 6) is 1.50. The number of methoxy groups -OCH3 is 1. The number of hydrogen-bond acceptors (Lipinski definition) is 3. The zero-order chi connectivity index (χ0) is 10.6. The largest absolute Gasteiger partial charge is 0.481 e. The van der Waals surface area contributed by atoms with Crippen molar-refractivity contribution < 1.29 is 4.74 Å². The van der Waals surface area contributed by atoms with Crippen LogP contribution in [0, 0.1) is 0 Å². The van der Waals surface area contributed by atoms with Gasteiger partial charge in [0.15, 0.2) is 0 Å². The molecule has 3 heteroatoms. The monoisotopic (exact) mass is 194 g/mol. The second-order valence-electron chi connectivity index (χ2n) is 4.06. The van der Waals surface area contributed by atoms with Gasteiger partial charge >= 0.3 is 0 Å². The first-order valence-corrected chi connectivity index (χ1v) is 4.97. The van der Waals surface area contributed by atoms with Crippen molar-refractivity contribution in [2.75, 3.05) is 7.11 Å². The topological polar surface area (TPSA) is 35.0 Å². The van der Waals surface area contributed by atoms with Gasteiger partial charge in [0.1, 0.15) is 5.82 Å². The highest BCUT2D eigenvalue weighted by atomic mass is 16.5. The number of ether oxygens (including phenoxy) is 1. The fourth-order valence-electron chi connectivity index (χ4n) is 1.52. The Kier molecular flexibility index (Phi) is 3.44. The highest BCUT2D eigenvalue weighted by Gasteiger charge is 2.22. The Labute approximate surface area is 85.5 Å². The van der Waals surface area contributed by atoms with E-state index in [4.69, 9.17) is 4.74 Å². The maximum atomic E-state index is 5.08. The molecule has 1 heterocycles. The minimum atomic E-state index is 0.0310. The Morgan fingerprint density at radius 3 is 2.71 bits per heavy atom. The van der Waals surface area contributed by atoms with Crippen LogP contribution >= 0.6 is 0 Å². The SMILES string of the molecule is CCCC(C)(C)c1nccc(OC)n1. The molecule has 0 bridgehead atoms. The first kappa shape index (κ1) is 11.0. The predicted molar refractivity (Wildman–Crippen MR) is 56.5 cm³/mol. The molecule has 0 N–H and O–H groups in total. The molecule has 0 amide bonds. The van der Waals surface area contributed by atoms with Crippen LogP contribution in [0.3, 0.4) is 0 Å². The highest BCUT2D eigenvalue weighted by Crippen LogP contribution is 2.25. The van der Waals surface area contributed by atoms with Crippen LogP contribution in [0.1, 0.15) is 39.4 Å². The molecule has 0 radical (unpaired) electrons. The summed E-state index contributed by atoms with van der Waals surface area (Å²) in [6, 6.07) is 1.77. The van der Waals surface area contributed by atoms with Crippen LogP contribution < -0.4 is 4.74 Å². The van der Waals surface area contributed by atoms with Gasteiger partial charge in [0.25, 0.3) is 0 Å². The van der Waals surface area contributed by atoms with Gasteiger partial charge in [-0.2, -0.15) is 4.98 Å². The van der Waals surface area contributed by atoms with Crippen molar-refractivity contribution in [2.45, 2.75) is 39.0 Å². The average molecular weight is 194 g/mol. The lowest BCUT2D eigenvalue weighted by Gasteiger charge is -2.21. The van der Waals surface area contributed by atoms with E-state index in [9.17, 15) is 0 Å². The normalized spacial score (nSPS) is 11.4. The lowest BCUT2D eigenvalue weighted by Crippen LogP contribution is -2.20. The Morgan fingerprint density at radius 2 is 2.14 bits per heavy atom. The number of rotatable bonds is 4. The molecule has 0 aliphatic carbocycles. The van der Waals surface area contributed by atoms with Gasteiger partial charge in [-0.1, -0.05) is 27.2 Å². The summed E-state index contributed by atoms with van der Waals surface area (Å²) < 4.78 is 5.08. The summed E-state index contributed by atoms with van der Waals surface area (Å²) in [6.07, 6.45) is 3.96. The summed E-state index contributed by atoms with van der Waals surface area (Å²) in [5, 5.41) is 0. The Hall–Kier alpha value is -1.12. The van der Waals surface area contributed by atoms with Crippen molar-refractivity contribution in [1.82, 2.24) is 9.97 Å². The average Bonchev–Trinajstić information content (AvgIpc) is 2.18. The van der Waals surface area contributed by atoms with Gasteiger partial charge in [0, 0.05) is 17.7 Å². The van der Waals surface area contributed by atoms with Crippen molar-refractivity contribution in [1.29, 1.82) is 0 Å². The van der Waals surface area contributed by atoms with E-state index in [-0.39, 0.29) is 5.41 Å². The standard InChI is InChI=1S/C11H18N2O/c1-5-7-11(2,3)10-12-8-6-9(13-10)14-4/h6,8H,5,7H2,1-4H3. The van der Waals surface area contributed by atoms with E-state index in [0.717, 1.165) is 18.7 Å². The molecule has 14 heavy (non-hydrogen) atoms. The van der Waals surface area contributed by atoms with Crippen molar-refractivity contribution in [3.63, 3.8) is 0 Å². The highest BCUT2D eigenvalue weighted by molar-refractivity contribution is 5.13. The number of hydrogen-bond donors (Lipinski definition) is 0. The summed E-state index contributed by atoms with van der Waals surface area (Å²) in [7, 11) is 1.62. The van der Waals surface area contributed by atoms with Crippen LogP contribution in [0.4, 0.5) is 0 Å². The minimum absolute atomic E-state index is 0.0310. The predicted octanol–water partition coefficient (Wildman–Crippen LogP) is 2.56. The van der Waals surface area contributed by atoms with Crippen LogP contribution in [0.5, 0.6) is 5.88 Å². The molecule has 1 aromatic rings. The van der Waals surface area contributed by atoms with Crippen LogP contribution in [-0.4, -0.2) is 17.1 Å². The van der Waals surface area contributed by atoms with Crippen molar-refractivity contribution in [2.24, 2.45) is 0 Å². The molecule has 3 nitrogen and oxygen atoms in total. The molecule has 0 spiro atoms. The molecule has 0 unspecified atom stereocenters. The minimum Gasteiger partial charge on any atom is -0.481 e. The van der Waals surface area contributed by atoms with E-state index in [1.165, 1.54) is 0 Å². The second-order valence-corrected chi connectivity index (χ2v) is 4.06. The first-order valence-electron chi connectivity index (χ1n) is 4.97. The van der Waals surface area contributed by atoms with Gasteiger partial charge in [-0.15, -0.1) is 0 Å². The van der Waals surface area contributed by atoms with Gasteiger partial charge in [0.05, 0.1) is 7.11 Å². The molecule has 0 aliphatic rings. The van der Waals surface area contributed by atoms with E-state index >= 15 is 0 Å². The second kappa shape index (κ2) is 4.40. The van der Waals surface area contributed by atoms with Gasteiger partial charge in [-0.3, -0.25) is 0 Å². The maximum absolute atomic E-state index is 5.08. The smallest absolute Gasteiger partial charge is 0.216 e. The van der Waals surface area contributed by atoms with Gasteiger partial charge < -0.3 is 4.74 Å². The van der Waals surface area contributed by atoms with Crippen molar-refractivity contribution >= 4 is 0 Å². The molecule has 0 atom stereocenters. The van der Waals surface area contributed by atoms with Crippen molar-refractivity contribution in [3.8, 4) is 5.88 Å². The molecule has 1 rings (SSSR count). The summed E-state index contributed by atoms with van der Waals surface area (Å²) in [4.78, 5) is 8.63. The summed E-state index contributed by atoms with van der Waals surface area (Å²) in [6.45, 7) is 6.48. The van der Waals surface area contributed by atoms with Crippen molar-refractivity contribution in [3.05, 3.63) is 18.1 Å². The molecule has 0 saturated heterocycles. The van der Waals surface area contributed by atoms with E-state index in [0.29, 0.717) is 5.88 Å². The summed E-state index contributed by atoms with van der Waals surface area (Å²) >= 11 is 0. The van der Waals surface area contributed by atoms with Crippen LogP contribution in [0.25, 0.3) is 0 Å². The van der Waals surface area contributed by atoms with E-state index in [1.54, 1.807) is 19.4 Å². The fourth-order valence-corrected chi connectivity index (χ4v) is 1.52. The lowest BCUT2D eigenvalue weighted by atomic mass is 9.87. The molecule has 1 aromatic heterocycles. The number of aromatic nitrogens is 2. The Balaban J connectivity index is 2.93. The van der Waals surface area contributed by atoms with E-state index in [2.05, 4.69) is 30.7 Å². The quantitative estimate of drug-likeness (QED) is 0.739. The molecular formula is C11H18N2O. The lowest BCUT2D eigenvalue weighted by molar-refractivity contribution is 0.380. The van der Waals surface area contributed by atoms with Gasteiger partial charge in [-0.05, 0) is 6.42 Å². The Bertz CT molecular complexity index is 297.